The van der Waals surface area contributed by atoms with E-state index in [2.05, 4.69) is 10.7 Å². The lowest BCUT2D eigenvalue weighted by molar-refractivity contribution is -0.150. The number of hydrogen-bond donors (Lipinski definition) is 1. The number of aliphatic hydroxyl groups excluding tert-OH is 1. The maximum absolute atomic E-state index is 11.0. The number of esters is 1. The van der Waals surface area contributed by atoms with Crippen LogP contribution in [0.2, 0.25) is 0 Å². The highest BCUT2D eigenvalue weighted by Gasteiger charge is 2.16. The van der Waals surface area contributed by atoms with Gasteiger partial charge in [-0.3, -0.25) is 0 Å². The third-order valence-electron chi connectivity index (χ3n) is 2.06. The fraction of sp³-hybridized carbons (Fsp3) is 0.250. The summed E-state index contributed by atoms with van der Waals surface area (Å²) >= 11 is 0. The van der Waals surface area contributed by atoms with Crippen molar-refractivity contribution < 1.29 is 14.6 Å². The standard InChI is InChI=1S/C12H12O3/c1-3-9-6-4-5-7-10(9)8-11(13)12(14)15-2/h1,4-7,11,13H,8H2,2H3. The normalized spacial score (nSPS) is 11.5. The first-order valence-electron chi connectivity index (χ1n) is 4.49. The highest BCUT2D eigenvalue weighted by Crippen LogP contribution is 2.10. The van der Waals surface area contributed by atoms with Crippen LogP contribution in [-0.2, 0) is 16.0 Å². The van der Waals surface area contributed by atoms with Crippen molar-refractivity contribution >= 4 is 5.97 Å². The van der Waals surface area contributed by atoms with Gasteiger partial charge in [0.15, 0.2) is 6.10 Å². The Balaban J connectivity index is 2.81. The number of terminal acetylenes is 1. The number of ether oxygens (including phenoxy) is 1. The van der Waals surface area contributed by atoms with Gasteiger partial charge in [-0.25, -0.2) is 4.79 Å². The van der Waals surface area contributed by atoms with Gasteiger partial charge in [-0.15, -0.1) is 6.42 Å². The molecule has 3 nitrogen and oxygen atoms in total. The molecule has 0 saturated carbocycles. The van der Waals surface area contributed by atoms with E-state index >= 15 is 0 Å². The maximum atomic E-state index is 11.0. The minimum absolute atomic E-state index is 0.174. The van der Waals surface area contributed by atoms with Crippen LogP contribution in [0.5, 0.6) is 0 Å². The van der Waals surface area contributed by atoms with Crippen molar-refractivity contribution in [3.8, 4) is 12.3 Å². The van der Waals surface area contributed by atoms with Crippen molar-refractivity contribution in [3.63, 3.8) is 0 Å². The van der Waals surface area contributed by atoms with Gasteiger partial charge in [0.2, 0.25) is 0 Å². The van der Waals surface area contributed by atoms with Crippen LogP contribution in [0.4, 0.5) is 0 Å². The first-order chi connectivity index (χ1) is 7.19. The molecule has 78 valence electrons. The molecule has 0 saturated heterocycles. The number of carbonyl (C=O) groups excluding carboxylic acids is 1. The van der Waals surface area contributed by atoms with Crippen LogP contribution in [0, 0.1) is 12.3 Å². The Bertz CT molecular complexity index is 390. The molecule has 0 aliphatic rings. The molecule has 0 fully saturated rings. The first kappa shape index (κ1) is 11.3. The first-order valence-corrected chi connectivity index (χ1v) is 4.49. The Kier molecular flexibility index (Phi) is 3.90. The van der Waals surface area contributed by atoms with E-state index in [1.54, 1.807) is 18.2 Å². The lowest BCUT2D eigenvalue weighted by Gasteiger charge is -2.09. The molecule has 1 unspecified atom stereocenters. The molecule has 3 heteroatoms. The summed E-state index contributed by atoms with van der Waals surface area (Å²) in [5, 5.41) is 9.45. The van der Waals surface area contributed by atoms with Gasteiger partial charge >= 0.3 is 5.97 Å². The van der Waals surface area contributed by atoms with E-state index in [1.165, 1.54) is 7.11 Å². The van der Waals surface area contributed by atoms with Gasteiger partial charge in [0.1, 0.15) is 0 Å². The van der Waals surface area contributed by atoms with E-state index in [0.29, 0.717) is 5.56 Å². The number of hydrogen-bond acceptors (Lipinski definition) is 3. The van der Waals surface area contributed by atoms with Gasteiger partial charge in [-0.2, -0.15) is 0 Å². The minimum Gasteiger partial charge on any atom is -0.467 e. The van der Waals surface area contributed by atoms with Gasteiger partial charge in [-0.1, -0.05) is 24.1 Å². The SMILES string of the molecule is C#Cc1ccccc1CC(O)C(=O)OC. The average molecular weight is 204 g/mol. The summed E-state index contributed by atoms with van der Waals surface area (Å²) in [6.07, 6.45) is 4.30. The molecule has 0 aliphatic heterocycles. The second-order valence-corrected chi connectivity index (χ2v) is 3.04. The molecule has 1 rings (SSSR count). The van der Waals surface area contributed by atoms with E-state index < -0.39 is 12.1 Å². The molecular weight excluding hydrogens is 192 g/mol. The van der Waals surface area contributed by atoms with Crippen molar-refractivity contribution in [3.05, 3.63) is 35.4 Å². The molecule has 0 radical (unpaired) electrons. The van der Waals surface area contributed by atoms with E-state index in [-0.39, 0.29) is 6.42 Å². The summed E-state index contributed by atoms with van der Waals surface area (Å²) in [4.78, 5) is 11.0. The third-order valence-corrected chi connectivity index (χ3v) is 2.06. The van der Waals surface area contributed by atoms with Crippen LogP contribution in [0.1, 0.15) is 11.1 Å². The predicted octanol–water partition coefficient (Wildman–Crippen LogP) is 0.744. The highest BCUT2D eigenvalue weighted by molar-refractivity contribution is 5.74. The molecular formula is C12H12O3. The summed E-state index contributed by atoms with van der Waals surface area (Å²) in [7, 11) is 1.23. The van der Waals surface area contributed by atoms with Crippen LogP contribution in [-0.4, -0.2) is 24.3 Å². The van der Waals surface area contributed by atoms with Gasteiger partial charge < -0.3 is 9.84 Å². The zero-order valence-corrected chi connectivity index (χ0v) is 8.43. The zero-order chi connectivity index (χ0) is 11.3. The van der Waals surface area contributed by atoms with Gasteiger partial charge in [0.25, 0.3) is 0 Å². The molecule has 0 heterocycles. The smallest absolute Gasteiger partial charge is 0.335 e. The molecule has 15 heavy (non-hydrogen) atoms. The Labute approximate surface area is 88.7 Å². The summed E-state index contributed by atoms with van der Waals surface area (Å²) in [5.41, 5.74) is 1.44. The Morgan fingerprint density at radius 2 is 2.27 bits per heavy atom. The molecule has 0 amide bonds. The summed E-state index contributed by atoms with van der Waals surface area (Å²) in [5.74, 6) is 1.84. The lowest BCUT2D eigenvalue weighted by Crippen LogP contribution is -2.24. The van der Waals surface area contributed by atoms with Crippen LogP contribution >= 0.6 is 0 Å². The van der Waals surface area contributed by atoms with Crippen molar-refractivity contribution in [2.45, 2.75) is 12.5 Å². The fourth-order valence-electron chi connectivity index (χ4n) is 1.27. The number of methoxy groups -OCH3 is 1. The minimum atomic E-state index is -1.16. The Morgan fingerprint density at radius 1 is 1.60 bits per heavy atom. The lowest BCUT2D eigenvalue weighted by atomic mass is 10.0. The summed E-state index contributed by atoms with van der Waals surface area (Å²) in [6, 6.07) is 7.16. The van der Waals surface area contributed by atoms with Crippen molar-refractivity contribution in [2.24, 2.45) is 0 Å². The Hall–Kier alpha value is -1.79. The van der Waals surface area contributed by atoms with Crippen molar-refractivity contribution in [2.75, 3.05) is 7.11 Å². The molecule has 0 spiro atoms. The van der Waals surface area contributed by atoms with E-state index in [0.717, 1.165) is 5.56 Å². The van der Waals surface area contributed by atoms with Crippen molar-refractivity contribution in [1.29, 1.82) is 0 Å². The van der Waals surface area contributed by atoms with Gasteiger partial charge in [0.05, 0.1) is 7.11 Å². The number of aliphatic hydroxyl groups is 1. The monoisotopic (exact) mass is 204 g/mol. The maximum Gasteiger partial charge on any atom is 0.335 e. The predicted molar refractivity (Wildman–Crippen MR) is 56.1 cm³/mol. The van der Waals surface area contributed by atoms with Gasteiger partial charge in [-0.05, 0) is 11.6 Å². The molecule has 0 aliphatic carbocycles. The van der Waals surface area contributed by atoms with Gasteiger partial charge in [0, 0.05) is 12.0 Å². The molecule has 1 aromatic carbocycles. The Morgan fingerprint density at radius 3 is 2.87 bits per heavy atom. The zero-order valence-electron chi connectivity index (χ0n) is 8.43. The summed E-state index contributed by atoms with van der Waals surface area (Å²) < 4.78 is 4.42. The number of carbonyl (C=O) groups is 1. The molecule has 1 atom stereocenters. The number of benzene rings is 1. The second-order valence-electron chi connectivity index (χ2n) is 3.04. The topological polar surface area (TPSA) is 46.5 Å². The van der Waals surface area contributed by atoms with E-state index in [9.17, 15) is 9.90 Å². The van der Waals surface area contributed by atoms with Crippen LogP contribution in [0.15, 0.2) is 24.3 Å². The summed E-state index contributed by atoms with van der Waals surface area (Å²) in [6.45, 7) is 0. The van der Waals surface area contributed by atoms with Crippen LogP contribution in [0.3, 0.4) is 0 Å². The average Bonchev–Trinajstić information content (AvgIpc) is 2.28. The van der Waals surface area contributed by atoms with E-state index in [1.807, 2.05) is 6.07 Å². The van der Waals surface area contributed by atoms with Crippen LogP contribution < -0.4 is 0 Å². The fourth-order valence-corrected chi connectivity index (χ4v) is 1.27. The number of rotatable bonds is 3. The molecule has 0 aromatic heterocycles. The van der Waals surface area contributed by atoms with E-state index in [4.69, 9.17) is 6.42 Å². The van der Waals surface area contributed by atoms with Crippen molar-refractivity contribution in [1.82, 2.24) is 0 Å². The van der Waals surface area contributed by atoms with Crippen LogP contribution in [0.25, 0.3) is 0 Å². The quantitative estimate of drug-likeness (QED) is 0.583. The second kappa shape index (κ2) is 5.18. The molecule has 1 N–H and O–H groups in total. The largest absolute Gasteiger partial charge is 0.467 e. The molecule has 1 aromatic rings. The highest BCUT2D eigenvalue weighted by atomic mass is 16.5. The third kappa shape index (κ3) is 2.83. The molecule has 0 bridgehead atoms.